The number of nitrogens with one attached hydrogen (secondary N) is 1. The molecular weight excluding hydrogens is 236 g/mol. The van der Waals surface area contributed by atoms with Crippen LogP contribution < -0.4 is 5.32 Å². The molecule has 0 aliphatic heterocycles. The van der Waals surface area contributed by atoms with Gasteiger partial charge in [-0.15, -0.1) is 0 Å². The fraction of sp³-hybridized carbons (Fsp3) is 0.0909. The van der Waals surface area contributed by atoms with Gasteiger partial charge in [0.25, 0.3) is 0 Å². The van der Waals surface area contributed by atoms with E-state index in [4.69, 9.17) is 14.8 Å². The van der Waals surface area contributed by atoms with Crippen LogP contribution in [0.2, 0.25) is 0 Å². The third kappa shape index (κ3) is 2.62. The standard InChI is InChI=1S/C11H8N4O3/c12-5-7-3-4-13-11(15-7)14-6-8-1-2-9(18-8)10(16)17/h1-4H,6H2,(H,16,17)(H,13,14,15). The molecule has 0 radical (unpaired) electrons. The molecule has 0 saturated carbocycles. The molecule has 0 aromatic carbocycles. The third-order valence-electron chi connectivity index (χ3n) is 2.06. The van der Waals surface area contributed by atoms with E-state index in [0.29, 0.717) is 5.76 Å². The molecule has 0 aliphatic carbocycles. The van der Waals surface area contributed by atoms with E-state index in [-0.39, 0.29) is 23.9 Å². The van der Waals surface area contributed by atoms with Gasteiger partial charge in [0.2, 0.25) is 11.7 Å². The molecule has 0 unspecified atom stereocenters. The summed E-state index contributed by atoms with van der Waals surface area (Å²) in [7, 11) is 0. The number of aromatic carboxylic acids is 1. The van der Waals surface area contributed by atoms with Gasteiger partial charge >= 0.3 is 5.97 Å². The molecule has 0 spiro atoms. The maximum Gasteiger partial charge on any atom is 0.371 e. The molecule has 7 nitrogen and oxygen atoms in total. The van der Waals surface area contributed by atoms with E-state index in [2.05, 4.69) is 15.3 Å². The van der Waals surface area contributed by atoms with E-state index in [9.17, 15) is 4.79 Å². The number of hydrogen-bond donors (Lipinski definition) is 2. The lowest BCUT2D eigenvalue weighted by molar-refractivity contribution is 0.0660. The summed E-state index contributed by atoms with van der Waals surface area (Å²) in [5.41, 5.74) is 0.248. The molecule has 2 aromatic heterocycles. The second kappa shape index (κ2) is 4.97. The fourth-order valence-corrected chi connectivity index (χ4v) is 1.26. The van der Waals surface area contributed by atoms with Gasteiger partial charge in [-0.25, -0.2) is 14.8 Å². The summed E-state index contributed by atoms with van der Waals surface area (Å²) in [5.74, 6) is -0.525. The van der Waals surface area contributed by atoms with Gasteiger partial charge in [0.05, 0.1) is 6.54 Å². The molecular formula is C11H8N4O3. The van der Waals surface area contributed by atoms with Crippen molar-refractivity contribution in [3.63, 3.8) is 0 Å². The minimum atomic E-state index is -1.12. The second-order valence-electron chi connectivity index (χ2n) is 3.30. The van der Waals surface area contributed by atoms with Crippen LogP contribution in [0.1, 0.15) is 22.0 Å². The van der Waals surface area contributed by atoms with E-state index in [1.54, 1.807) is 6.07 Å². The highest BCUT2D eigenvalue weighted by Crippen LogP contribution is 2.09. The maximum absolute atomic E-state index is 10.6. The minimum Gasteiger partial charge on any atom is -0.475 e. The number of hydrogen-bond acceptors (Lipinski definition) is 6. The number of carboxylic acid groups (broad SMARTS) is 1. The average molecular weight is 244 g/mol. The van der Waals surface area contributed by atoms with Gasteiger partial charge in [-0.2, -0.15) is 5.26 Å². The summed E-state index contributed by atoms with van der Waals surface area (Å²) >= 11 is 0. The van der Waals surface area contributed by atoms with Gasteiger partial charge in [0.15, 0.2) is 0 Å². The quantitative estimate of drug-likeness (QED) is 0.832. The highest BCUT2D eigenvalue weighted by molar-refractivity contribution is 5.84. The van der Waals surface area contributed by atoms with Gasteiger partial charge in [-0.1, -0.05) is 0 Å². The summed E-state index contributed by atoms with van der Waals surface area (Å²) in [4.78, 5) is 18.4. The number of nitriles is 1. The van der Waals surface area contributed by atoms with E-state index in [0.717, 1.165) is 0 Å². The molecule has 0 amide bonds. The van der Waals surface area contributed by atoms with Crippen LogP contribution in [0.5, 0.6) is 0 Å². The van der Waals surface area contributed by atoms with Crippen molar-refractivity contribution in [2.45, 2.75) is 6.54 Å². The number of aromatic nitrogens is 2. The van der Waals surface area contributed by atoms with Crippen molar-refractivity contribution in [2.24, 2.45) is 0 Å². The Morgan fingerprint density at radius 2 is 2.33 bits per heavy atom. The molecule has 2 aromatic rings. The molecule has 18 heavy (non-hydrogen) atoms. The van der Waals surface area contributed by atoms with Crippen LogP contribution in [0.4, 0.5) is 5.95 Å². The van der Waals surface area contributed by atoms with Crippen LogP contribution in [-0.2, 0) is 6.54 Å². The van der Waals surface area contributed by atoms with E-state index < -0.39 is 5.97 Å². The number of carboxylic acids is 1. The second-order valence-corrected chi connectivity index (χ2v) is 3.30. The predicted octanol–water partition coefficient (Wildman–Crippen LogP) is 1.25. The van der Waals surface area contributed by atoms with E-state index >= 15 is 0 Å². The number of carbonyl (C=O) groups is 1. The van der Waals surface area contributed by atoms with Crippen LogP contribution in [0.3, 0.4) is 0 Å². The summed E-state index contributed by atoms with van der Waals surface area (Å²) in [6, 6.07) is 6.29. The normalized spacial score (nSPS) is 9.72. The smallest absolute Gasteiger partial charge is 0.371 e. The van der Waals surface area contributed by atoms with Gasteiger partial charge in [0, 0.05) is 6.20 Å². The first kappa shape index (κ1) is 11.6. The van der Waals surface area contributed by atoms with Gasteiger partial charge < -0.3 is 14.8 Å². The van der Waals surface area contributed by atoms with E-state index in [1.807, 2.05) is 6.07 Å². The topological polar surface area (TPSA) is 112 Å². The number of anilines is 1. The SMILES string of the molecule is N#Cc1ccnc(NCc2ccc(C(=O)O)o2)n1. The Labute approximate surface area is 102 Å². The Bertz CT molecular complexity index is 615. The van der Waals surface area contributed by atoms with Crippen molar-refractivity contribution in [2.75, 3.05) is 5.32 Å². The average Bonchev–Trinajstić information content (AvgIpc) is 2.85. The fourth-order valence-electron chi connectivity index (χ4n) is 1.26. The zero-order valence-electron chi connectivity index (χ0n) is 9.12. The predicted molar refractivity (Wildman–Crippen MR) is 59.7 cm³/mol. The molecule has 0 atom stereocenters. The number of furan rings is 1. The first-order valence-electron chi connectivity index (χ1n) is 4.98. The van der Waals surface area contributed by atoms with Gasteiger partial charge in [-0.3, -0.25) is 0 Å². The molecule has 0 saturated heterocycles. The van der Waals surface area contributed by atoms with Crippen molar-refractivity contribution >= 4 is 11.9 Å². The molecule has 0 bridgehead atoms. The Morgan fingerprint density at radius 1 is 1.50 bits per heavy atom. The summed E-state index contributed by atoms with van der Waals surface area (Å²) in [6.45, 7) is 0.238. The van der Waals surface area contributed by atoms with Crippen LogP contribution in [-0.4, -0.2) is 21.0 Å². The highest BCUT2D eigenvalue weighted by Gasteiger charge is 2.08. The van der Waals surface area contributed by atoms with Crippen LogP contribution in [0.25, 0.3) is 0 Å². The van der Waals surface area contributed by atoms with Crippen molar-refractivity contribution in [3.8, 4) is 6.07 Å². The van der Waals surface area contributed by atoms with Crippen LogP contribution in [0.15, 0.2) is 28.8 Å². The van der Waals surface area contributed by atoms with Gasteiger partial charge in [-0.05, 0) is 18.2 Å². The van der Waals surface area contributed by atoms with E-state index in [1.165, 1.54) is 18.3 Å². The molecule has 2 rings (SSSR count). The first-order chi connectivity index (χ1) is 8.69. The lowest BCUT2D eigenvalue weighted by Gasteiger charge is -2.01. The largest absolute Gasteiger partial charge is 0.475 e. The maximum atomic E-state index is 10.6. The zero-order valence-corrected chi connectivity index (χ0v) is 9.12. The number of nitrogens with zero attached hydrogens (tertiary/aromatic N) is 3. The van der Waals surface area contributed by atoms with Crippen molar-refractivity contribution in [1.29, 1.82) is 5.26 Å². The lowest BCUT2D eigenvalue weighted by atomic mass is 10.4. The molecule has 0 aliphatic rings. The van der Waals surface area contributed by atoms with Crippen molar-refractivity contribution in [1.82, 2.24) is 9.97 Å². The lowest BCUT2D eigenvalue weighted by Crippen LogP contribution is -2.03. The number of rotatable bonds is 4. The zero-order chi connectivity index (χ0) is 13.0. The highest BCUT2D eigenvalue weighted by atomic mass is 16.4. The van der Waals surface area contributed by atoms with Crippen LogP contribution in [0, 0.1) is 11.3 Å². The first-order valence-corrected chi connectivity index (χ1v) is 4.98. The third-order valence-corrected chi connectivity index (χ3v) is 2.06. The van der Waals surface area contributed by atoms with Crippen LogP contribution >= 0.6 is 0 Å². The molecule has 90 valence electrons. The monoisotopic (exact) mass is 244 g/mol. The molecule has 2 N–H and O–H groups in total. The molecule has 0 fully saturated rings. The minimum absolute atomic E-state index is 0.126. The summed E-state index contributed by atoms with van der Waals surface area (Å²) < 4.78 is 5.04. The Balaban J connectivity index is 2.02. The Morgan fingerprint density at radius 3 is 3.00 bits per heavy atom. The molecule has 2 heterocycles. The van der Waals surface area contributed by atoms with Crippen molar-refractivity contribution in [3.05, 3.63) is 41.6 Å². The summed E-state index contributed by atoms with van der Waals surface area (Å²) in [5, 5.41) is 20.2. The molecule has 7 heteroatoms. The van der Waals surface area contributed by atoms with Gasteiger partial charge in [0.1, 0.15) is 17.5 Å². The Hall–Kier alpha value is -2.88. The Kier molecular flexibility index (Phi) is 3.20. The summed E-state index contributed by atoms with van der Waals surface area (Å²) in [6.07, 6.45) is 1.46. The van der Waals surface area contributed by atoms with Crippen molar-refractivity contribution < 1.29 is 14.3 Å².